The van der Waals surface area contributed by atoms with Crippen LogP contribution in [0, 0.1) is 5.92 Å². The topological polar surface area (TPSA) is 45.7 Å². The molecule has 0 bridgehead atoms. The molecular weight excluding hydrogens is 286 g/mol. The van der Waals surface area contributed by atoms with Crippen molar-refractivity contribution in [3.05, 3.63) is 35.4 Å². The molecule has 4 heteroatoms. The standard InChI is InChI=1S/C19H33N3O/c1-15(2)10-11-21-18(20-6)22-13-16-8-7-9-17(12-16)14-23-19(3,4)5/h7-9,12,15H,10-11,13-14H2,1-6H3,(H2,20,21,22). The monoisotopic (exact) mass is 319 g/mol. The molecule has 23 heavy (non-hydrogen) atoms. The summed E-state index contributed by atoms with van der Waals surface area (Å²) in [6.07, 6.45) is 1.14. The van der Waals surface area contributed by atoms with Crippen molar-refractivity contribution in [3.8, 4) is 0 Å². The van der Waals surface area contributed by atoms with Gasteiger partial charge in [0, 0.05) is 20.1 Å². The molecule has 0 aromatic heterocycles. The molecule has 1 aromatic rings. The van der Waals surface area contributed by atoms with Crippen LogP contribution in [0.15, 0.2) is 29.3 Å². The fraction of sp³-hybridized carbons (Fsp3) is 0.632. The molecule has 0 aliphatic carbocycles. The Morgan fingerprint density at radius 3 is 2.48 bits per heavy atom. The van der Waals surface area contributed by atoms with Crippen LogP contribution in [0.2, 0.25) is 0 Å². The first kappa shape index (κ1) is 19.5. The van der Waals surface area contributed by atoms with Gasteiger partial charge in [-0.05, 0) is 44.2 Å². The molecule has 0 aliphatic heterocycles. The van der Waals surface area contributed by atoms with Crippen molar-refractivity contribution in [3.63, 3.8) is 0 Å². The van der Waals surface area contributed by atoms with Gasteiger partial charge in [-0.25, -0.2) is 0 Å². The Hall–Kier alpha value is -1.55. The lowest BCUT2D eigenvalue weighted by Crippen LogP contribution is -2.37. The lowest BCUT2D eigenvalue weighted by atomic mass is 10.1. The van der Waals surface area contributed by atoms with E-state index in [4.69, 9.17) is 4.74 Å². The Morgan fingerprint density at radius 2 is 1.87 bits per heavy atom. The fourth-order valence-corrected chi connectivity index (χ4v) is 2.01. The normalized spacial score (nSPS) is 12.6. The van der Waals surface area contributed by atoms with Gasteiger partial charge in [0.1, 0.15) is 0 Å². The van der Waals surface area contributed by atoms with Gasteiger partial charge in [-0.3, -0.25) is 4.99 Å². The number of hydrogen-bond donors (Lipinski definition) is 2. The van der Waals surface area contributed by atoms with Gasteiger partial charge in [-0.15, -0.1) is 0 Å². The molecule has 0 saturated carbocycles. The molecule has 0 amide bonds. The highest BCUT2D eigenvalue weighted by Gasteiger charge is 2.10. The first-order valence-electron chi connectivity index (χ1n) is 8.46. The summed E-state index contributed by atoms with van der Waals surface area (Å²) < 4.78 is 5.84. The van der Waals surface area contributed by atoms with Crippen LogP contribution >= 0.6 is 0 Å². The molecular formula is C19H33N3O. The largest absolute Gasteiger partial charge is 0.371 e. The molecule has 4 nitrogen and oxygen atoms in total. The van der Waals surface area contributed by atoms with E-state index in [1.165, 1.54) is 11.1 Å². The predicted molar refractivity (Wildman–Crippen MR) is 98.6 cm³/mol. The van der Waals surface area contributed by atoms with E-state index in [1.807, 2.05) is 0 Å². The minimum absolute atomic E-state index is 0.114. The molecule has 0 aliphatic rings. The number of ether oxygens (including phenoxy) is 1. The Kier molecular flexibility index (Phi) is 8.10. The summed E-state index contributed by atoms with van der Waals surface area (Å²) in [5.74, 6) is 1.54. The summed E-state index contributed by atoms with van der Waals surface area (Å²) in [7, 11) is 1.80. The second-order valence-corrected chi connectivity index (χ2v) is 7.26. The molecule has 0 saturated heterocycles. The number of benzene rings is 1. The van der Waals surface area contributed by atoms with E-state index in [0.29, 0.717) is 12.5 Å². The molecule has 0 radical (unpaired) electrons. The van der Waals surface area contributed by atoms with Gasteiger partial charge < -0.3 is 15.4 Å². The molecule has 0 fully saturated rings. The minimum Gasteiger partial charge on any atom is -0.371 e. The molecule has 1 rings (SSSR count). The van der Waals surface area contributed by atoms with Crippen LogP contribution in [0.4, 0.5) is 0 Å². The van der Waals surface area contributed by atoms with Gasteiger partial charge in [0.15, 0.2) is 5.96 Å². The van der Waals surface area contributed by atoms with E-state index in [2.05, 4.69) is 74.5 Å². The van der Waals surface area contributed by atoms with Crippen LogP contribution in [0.1, 0.15) is 52.2 Å². The SMILES string of the molecule is CN=C(NCCC(C)C)NCc1cccc(COC(C)(C)C)c1. The minimum atomic E-state index is -0.114. The Morgan fingerprint density at radius 1 is 1.17 bits per heavy atom. The molecule has 0 unspecified atom stereocenters. The van der Waals surface area contributed by atoms with Crippen LogP contribution in [0.5, 0.6) is 0 Å². The van der Waals surface area contributed by atoms with Gasteiger partial charge in [0.2, 0.25) is 0 Å². The number of guanidine groups is 1. The average Bonchev–Trinajstić information content (AvgIpc) is 2.48. The summed E-state index contributed by atoms with van der Waals surface area (Å²) in [4.78, 5) is 4.26. The highest BCUT2D eigenvalue weighted by atomic mass is 16.5. The molecule has 0 heterocycles. The number of rotatable bonds is 7. The van der Waals surface area contributed by atoms with E-state index in [9.17, 15) is 0 Å². The van der Waals surface area contributed by atoms with Crippen molar-refractivity contribution < 1.29 is 4.74 Å². The second-order valence-electron chi connectivity index (χ2n) is 7.26. The van der Waals surface area contributed by atoms with E-state index in [0.717, 1.165) is 25.5 Å². The van der Waals surface area contributed by atoms with Gasteiger partial charge >= 0.3 is 0 Å². The van der Waals surface area contributed by atoms with Crippen molar-refractivity contribution in [2.24, 2.45) is 10.9 Å². The summed E-state index contributed by atoms with van der Waals surface area (Å²) in [5, 5.41) is 6.70. The van der Waals surface area contributed by atoms with Gasteiger partial charge in [-0.2, -0.15) is 0 Å². The summed E-state index contributed by atoms with van der Waals surface area (Å²) in [6, 6.07) is 8.48. The highest BCUT2D eigenvalue weighted by Crippen LogP contribution is 2.13. The highest BCUT2D eigenvalue weighted by molar-refractivity contribution is 5.79. The maximum absolute atomic E-state index is 5.84. The number of aliphatic imine (C=N–C) groups is 1. The van der Waals surface area contributed by atoms with Crippen LogP contribution < -0.4 is 10.6 Å². The molecule has 130 valence electrons. The molecule has 0 atom stereocenters. The van der Waals surface area contributed by atoms with Crippen molar-refractivity contribution >= 4 is 5.96 Å². The zero-order valence-electron chi connectivity index (χ0n) is 15.6. The van der Waals surface area contributed by atoms with Crippen LogP contribution in [-0.2, 0) is 17.9 Å². The van der Waals surface area contributed by atoms with Crippen molar-refractivity contribution in [2.45, 2.75) is 59.8 Å². The Bertz CT molecular complexity index is 490. The lowest BCUT2D eigenvalue weighted by Gasteiger charge is -2.19. The van der Waals surface area contributed by atoms with Gasteiger partial charge in [0.05, 0.1) is 12.2 Å². The third kappa shape index (κ3) is 9.24. The third-order valence-corrected chi connectivity index (χ3v) is 3.36. The quantitative estimate of drug-likeness (QED) is 0.595. The predicted octanol–water partition coefficient (Wildman–Crippen LogP) is 3.71. The van der Waals surface area contributed by atoms with Crippen molar-refractivity contribution in [1.29, 1.82) is 0 Å². The number of nitrogens with zero attached hydrogens (tertiary/aromatic N) is 1. The first-order chi connectivity index (χ1) is 10.8. The second kappa shape index (κ2) is 9.56. The smallest absolute Gasteiger partial charge is 0.191 e. The van der Waals surface area contributed by atoms with E-state index in [-0.39, 0.29) is 5.60 Å². The zero-order chi connectivity index (χ0) is 17.3. The van der Waals surface area contributed by atoms with Crippen LogP contribution in [-0.4, -0.2) is 25.2 Å². The van der Waals surface area contributed by atoms with Gasteiger partial charge in [0.25, 0.3) is 0 Å². The summed E-state index contributed by atoms with van der Waals surface area (Å²) in [5.41, 5.74) is 2.31. The summed E-state index contributed by atoms with van der Waals surface area (Å²) >= 11 is 0. The van der Waals surface area contributed by atoms with Gasteiger partial charge in [-0.1, -0.05) is 38.1 Å². The Balaban J connectivity index is 2.47. The van der Waals surface area contributed by atoms with Crippen LogP contribution in [0.3, 0.4) is 0 Å². The van der Waals surface area contributed by atoms with Crippen molar-refractivity contribution in [1.82, 2.24) is 10.6 Å². The molecule has 0 spiro atoms. The maximum atomic E-state index is 5.84. The molecule has 2 N–H and O–H groups in total. The number of nitrogens with one attached hydrogen (secondary N) is 2. The Labute approximate surface area is 141 Å². The fourth-order valence-electron chi connectivity index (χ4n) is 2.01. The number of hydrogen-bond acceptors (Lipinski definition) is 2. The van der Waals surface area contributed by atoms with Crippen LogP contribution in [0.25, 0.3) is 0 Å². The molecule has 1 aromatic carbocycles. The van der Waals surface area contributed by atoms with Crippen molar-refractivity contribution in [2.75, 3.05) is 13.6 Å². The summed E-state index contributed by atoms with van der Waals surface area (Å²) in [6.45, 7) is 13.0. The van der Waals surface area contributed by atoms with E-state index in [1.54, 1.807) is 7.05 Å². The third-order valence-electron chi connectivity index (χ3n) is 3.36. The lowest BCUT2D eigenvalue weighted by molar-refractivity contribution is -0.0149. The maximum Gasteiger partial charge on any atom is 0.191 e. The first-order valence-corrected chi connectivity index (χ1v) is 8.46. The zero-order valence-corrected chi connectivity index (χ0v) is 15.6. The van der Waals surface area contributed by atoms with E-state index < -0.39 is 0 Å². The average molecular weight is 319 g/mol. The van der Waals surface area contributed by atoms with E-state index >= 15 is 0 Å².